The summed E-state index contributed by atoms with van der Waals surface area (Å²) in [7, 11) is 0. The number of thiophene rings is 1. The van der Waals surface area contributed by atoms with Crippen LogP contribution in [0.15, 0.2) is 29.6 Å². The highest BCUT2D eigenvalue weighted by atomic mass is 32.1. The maximum absolute atomic E-state index is 12.5. The van der Waals surface area contributed by atoms with Gasteiger partial charge in [-0.15, -0.1) is 11.3 Å². The molecule has 0 aliphatic heterocycles. The number of amides is 1. The number of pyridine rings is 1. The first-order chi connectivity index (χ1) is 9.84. The Kier molecular flexibility index (Phi) is 4.46. The van der Waals surface area contributed by atoms with Crippen LogP contribution in [0.3, 0.4) is 0 Å². The molecule has 0 aliphatic rings. The first-order valence-corrected chi connectivity index (χ1v) is 6.76. The molecule has 111 valence electrons. The van der Waals surface area contributed by atoms with E-state index in [2.05, 4.69) is 4.98 Å². The zero-order valence-electron chi connectivity index (χ0n) is 10.6. The van der Waals surface area contributed by atoms with E-state index in [0.29, 0.717) is 17.0 Å². The minimum atomic E-state index is -4.39. The summed E-state index contributed by atoms with van der Waals surface area (Å²) in [6, 6.07) is 5.71. The summed E-state index contributed by atoms with van der Waals surface area (Å²) in [6.07, 6.45) is -4.07. The summed E-state index contributed by atoms with van der Waals surface area (Å²) in [6.45, 7) is 0. The SMILES string of the molecule is [NH]C(=O)CCc1cccc(Oc2csc(C(F)(F)F)c2)n1. The average Bonchev–Trinajstić information content (AvgIpc) is 2.85. The predicted octanol–water partition coefficient (Wildman–Crippen LogP) is 3.70. The summed E-state index contributed by atoms with van der Waals surface area (Å²) in [5.41, 5.74) is 7.36. The number of carbonyl (C=O) groups excluding carboxylic acids is 1. The molecule has 2 aromatic heterocycles. The molecule has 0 fully saturated rings. The summed E-state index contributed by atoms with van der Waals surface area (Å²) in [4.78, 5) is 13.9. The lowest BCUT2D eigenvalue weighted by Crippen LogP contribution is -2.02. The summed E-state index contributed by atoms with van der Waals surface area (Å²) >= 11 is 0.547. The van der Waals surface area contributed by atoms with Gasteiger partial charge in [0.05, 0.1) is 0 Å². The van der Waals surface area contributed by atoms with E-state index in [1.807, 2.05) is 0 Å². The van der Waals surface area contributed by atoms with Crippen LogP contribution in [-0.4, -0.2) is 10.9 Å². The number of rotatable bonds is 5. The molecule has 0 bridgehead atoms. The number of hydrogen-bond acceptors (Lipinski definition) is 4. The Bertz CT molecular complexity index is 640. The molecule has 8 heteroatoms. The Labute approximate surface area is 122 Å². The van der Waals surface area contributed by atoms with Gasteiger partial charge in [0, 0.05) is 29.6 Å². The van der Waals surface area contributed by atoms with Gasteiger partial charge in [-0.2, -0.15) is 13.2 Å². The van der Waals surface area contributed by atoms with Gasteiger partial charge < -0.3 is 4.74 Å². The van der Waals surface area contributed by atoms with Gasteiger partial charge in [0.1, 0.15) is 10.6 Å². The van der Waals surface area contributed by atoms with Crippen molar-refractivity contribution in [1.82, 2.24) is 10.7 Å². The number of alkyl halides is 3. The largest absolute Gasteiger partial charge is 0.438 e. The van der Waals surface area contributed by atoms with Gasteiger partial charge in [0.2, 0.25) is 11.8 Å². The molecular weight excluding hydrogens is 305 g/mol. The molecule has 21 heavy (non-hydrogen) atoms. The summed E-state index contributed by atoms with van der Waals surface area (Å²) < 4.78 is 42.7. The molecular formula is C13H10F3N2O2S. The quantitative estimate of drug-likeness (QED) is 0.845. The number of ether oxygens (including phenoxy) is 1. The van der Waals surface area contributed by atoms with Crippen molar-refractivity contribution in [2.24, 2.45) is 0 Å². The van der Waals surface area contributed by atoms with Crippen molar-refractivity contribution >= 4 is 17.2 Å². The first kappa shape index (κ1) is 15.3. The molecule has 1 amide bonds. The van der Waals surface area contributed by atoms with E-state index < -0.39 is 17.0 Å². The third-order valence-corrected chi connectivity index (χ3v) is 3.42. The van der Waals surface area contributed by atoms with Crippen molar-refractivity contribution in [2.45, 2.75) is 19.0 Å². The lowest BCUT2D eigenvalue weighted by atomic mass is 10.2. The molecule has 2 rings (SSSR count). The fourth-order valence-electron chi connectivity index (χ4n) is 1.54. The molecule has 0 spiro atoms. The van der Waals surface area contributed by atoms with E-state index in [0.717, 1.165) is 6.07 Å². The van der Waals surface area contributed by atoms with Gasteiger partial charge in [-0.3, -0.25) is 10.5 Å². The van der Waals surface area contributed by atoms with Gasteiger partial charge in [-0.05, 0) is 12.5 Å². The average molecular weight is 315 g/mol. The van der Waals surface area contributed by atoms with E-state index in [1.165, 1.54) is 11.4 Å². The van der Waals surface area contributed by atoms with Crippen LogP contribution in [0.5, 0.6) is 11.6 Å². The topological polar surface area (TPSA) is 63.0 Å². The maximum Gasteiger partial charge on any atom is 0.425 e. The number of nitrogens with zero attached hydrogens (tertiary/aromatic N) is 1. The molecule has 2 aromatic rings. The molecule has 0 saturated heterocycles. The van der Waals surface area contributed by atoms with E-state index in [1.54, 1.807) is 12.1 Å². The molecule has 0 aromatic carbocycles. The van der Waals surface area contributed by atoms with Gasteiger partial charge >= 0.3 is 6.18 Å². The minimum absolute atomic E-state index is 0.0348. The normalized spacial score (nSPS) is 11.4. The fourth-order valence-corrected chi connectivity index (χ4v) is 2.21. The lowest BCUT2D eigenvalue weighted by Gasteiger charge is -2.04. The molecule has 0 aliphatic carbocycles. The van der Waals surface area contributed by atoms with Crippen LogP contribution in [0.25, 0.3) is 0 Å². The van der Waals surface area contributed by atoms with Crippen molar-refractivity contribution in [3.63, 3.8) is 0 Å². The Morgan fingerprint density at radius 2 is 2.14 bits per heavy atom. The molecule has 4 nitrogen and oxygen atoms in total. The Morgan fingerprint density at radius 1 is 1.38 bits per heavy atom. The summed E-state index contributed by atoms with van der Waals surface area (Å²) in [5.74, 6) is -0.485. The molecule has 0 saturated carbocycles. The van der Waals surface area contributed by atoms with Crippen LogP contribution in [0.2, 0.25) is 0 Å². The summed E-state index contributed by atoms with van der Waals surface area (Å²) in [5, 5.41) is 1.25. The number of halogens is 3. The Morgan fingerprint density at radius 3 is 2.76 bits per heavy atom. The fraction of sp³-hybridized carbons (Fsp3) is 0.231. The van der Waals surface area contributed by atoms with Crippen molar-refractivity contribution in [1.29, 1.82) is 0 Å². The Hall–Kier alpha value is -2.09. The highest BCUT2D eigenvalue weighted by Gasteiger charge is 2.32. The second-order valence-corrected chi connectivity index (χ2v) is 5.05. The first-order valence-electron chi connectivity index (χ1n) is 5.88. The van der Waals surface area contributed by atoms with Crippen molar-refractivity contribution in [2.75, 3.05) is 0 Å². The lowest BCUT2D eigenvalue weighted by molar-refractivity contribution is -0.134. The zero-order chi connectivity index (χ0) is 15.5. The monoisotopic (exact) mass is 315 g/mol. The molecule has 1 radical (unpaired) electrons. The maximum atomic E-state index is 12.5. The van der Waals surface area contributed by atoms with E-state index in [9.17, 15) is 18.0 Å². The predicted molar refractivity (Wildman–Crippen MR) is 70.1 cm³/mol. The van der Waals surface area contributed by atoms with Gasteiger partial charge in [-0.1, -0.05) is 6.07 Å². The Balaban J connectivity index is 2.07. The minimum Gasteiger partial charge on any atom is -0.438 e. The van der Waals surface area contributed by atoms with Crippen molar-refractivity contribution in [3.8, 4) is 11.6 Å². The van der Waals surface area contributed by atoms with Gasteiger partial charge in [0.15, 0.2) is 0 Å². The smallest absolute Gasteiger partial charge is 0.425 e. The van der Waals surface area contributed by atoms with Crippen molar-refractivity contribution in [3.05, 3.63) is 40.2 Å². The van der Waals surface area contributed by atoms with Crippen LogP contribution < -0.4 is 10.5 Å². The van der Waals surface area contributed by atoms with E-state index in [4.69, 9.17) is 10.5 Å². The number of carbonyl (C=O) groups is 1. The van der Waals surface area contributed by atoms with Crippen LogP contribution in [0.1, 0.15) is 17.0 Å². The van der Waals surface area contributed by atoms with E-state index >= 15 is 0 Å². The third-order valence-electron chi connectivity index (χ3n) is 2.47. The highest BCUT2D eigenvalue weighted by Crippen LogP contribution is 2.37. The second-order valence-electron chi connectivity index (χ2n) is 4.14. The molecule has 2 heterocycles. The van der Waals surface area contributed by atoms with Gasteiger partial charge in [0.25, 0.3) is 0 Å². The molecule has 0 atom stereocenters. The third kappa shape index (κ3) is 4.45. The van der Waals surface area contributed by atoms with Gasteiger partial charge in [-0.25, -0.2) is 4.98 Å². The zero-order valence-corrected chi connectivity index (χ0v) is 11.4. The number of hydrogen-bond donors (Lipinski definition) is 0. The van der Waals surface area contributed by atoms with Crippen LogP contribution in [0, 0.1) is 0 Å². The van der Waals surface area contributed by atoms with Crippen LogP contribution in [0.4, 0.5) is 13.2 Å². The van der Waals surface area contributed by atoms with Crippen LogP contribution in [-0.2, 0) is 17.4 Å². The number of aryl methyl sites for hydroxylation is 1. The van der Waals surface area contributed by atoms with Crippen LogP contribution >= 0.6 is 11.3 Å². The number of aromatic nitrogens is 1. The number of nitrogens with one attached hydrogen (secondary N) is 1. The molecule has 1 N–H and O–H groups in total. The molecule has 0 unspecified atom stereocenters. The van der Waals surface area contributed by atoms with E-state index in [-0.39, 0.29) is 24.5 Å². The second kappa shape index (κ2) is 6.13. The van der Waals surface area contributed by atoms with Crippen molar-refractivity contribution < 1.29 is 22.7 Å². The highest BCUT2D eigenvalue weighted by molar-refractivity contribution is 7.10. The standard InChI is InChI=1S/C13H10F3N2O2S/c14-13(15,16)10-6-9(7-21-10)20-12-3-1-2-8(18-12)4-5-11(17)19/h1-3,6-7,17H,4-5H2.